The molecule has 2 aromatic carbocycles. The van der Waals surface area contributed by atoms with E-state index in [1.54, 1.807) is 35.0 Å². The number of ether oxygens (including phenoxy) is 1. The molecule has 10 rings (SSSR count). The van der Waals surface area contributed by atoms with Gasteiger partial charge in [0.1, 0.15) is 22.0 Å². The Labute approximate surface area is 430 Å². The summed E-state index contributed by atoms with van der Waals surface area (Å²) in [4.78, 5) is 40.6. The van der Waals surface area contributed by atoms with Gasteiger partial charge in [-0.15, -0.1) is 5.10 Å². The van der Waals surface area contributed by atoms with Crippen LogP contribution in [0.15, 0.2) is 102 Å². The van der Waals surface area contributed by atoms with Crippen molar-refractivity contribution in [1.29, 1.82) is 0 Å². The summed E-state index contributed by atoms with van der Waals surface area (Å²) in [6, 6.07) is 16.3. The van der Waals surface area contributed by atoms with E-state index in [1.807, 2.05) is 32.0 Å². The summed E-state index contributed by atoms with van der Waals surface area (Å²) >= 11 is 3.31. The lowest BCUT2D eigenvalue weighted by Gasteiger charge is -2.13. The maximum atomic E-state index is 13.6. The van der Waals surface area contributed by atoms with Crippen molar-refractivity contribution < 1.29 is 54.6 Å². The predicted octanol–water partition coefficient (Wildman–Crippen LogP) is 10.9. The second kappa shape index (κ2) is 22.7. The van der Waals surface area contributed by atoms with Gasteiger partial charge in [0.25, 0.3) is 11.8 Å². The molecule has 2 fully saturated rings. The van der Waals surface area contributed by atoms with Crippen molar-refractivity contribution in [2.45, 2.75) is 76.8 Å². The third-order valence-electron chi connectivity index (χ3n) is 11.3. The Morgan fingerprint density at radius 1 is 0.653 bits per heavy atom. The Morgan fingerprint density at radius 3 is 1.57 bits per heavy atom. The first-order valence-corrected chi connectivity index (χ1v) is 23.9. The minimum atomic E-state index is -4.34. The number of aromatic hydroxyl groups is 1. The quantitative estimate of drug-likeness (QED) is 0.0647. The van der Waals surface area contributed by atoms with Gasteiger partial charge in [-0.3, -0.25) is 19.6 Å². The fourth-order valence-corrected chi connectivity index (χ4v) is 7.76. The highest BCUT2D eigenvalue weighted by Gasteiger charge is 2.29. The summed E-state index contributed by atoms with van der Waals surface area (Å²) in [5.41, 5.74) is 6.80. The van der Waals surface area contributed by atoms with Crippen LogP contribution in [0, 0.1) is 25.5 Å². The van der Waals surface area contributed by atoms with Gasteiger partial charge in [-0.05, 0) is 96.9 Å². The smallest absolute Gasteiger partial charge is 0.390 e. The molecule has 25 heteroatoms. The van der Waals surface area contributed by atoms with Crippen LogP contribution in [0.1, 0.15) is 70.4 Å². The van der Waals surface area contributed by atoms with Crippen molar-refractivity contribution in [2.75, 3.05) is 23.7 Å². The van der Waals surface area contributed by atoms with Crippen LogP contribution in [-0.4, -0.2) is 93.6 Å². The standard InChI is InChI=1S/C25H22F4N6O2.C20H19BrF3N5O.C5H4FNO/c1-14-8-15(2-5-19(14)24(36)33-17-3-4-17)21-13-32-23-20(31-7-6-25(27,28)29)10-22(34-35(21)23)37-18-9-16(26)11-30-12-18;1-11-8-12(2-5-14(11)19(30)27-13-3-4-13)16-10-26-18-15(9-17(21)28-29(16)18)25-7-6-20(22,23)24;6-4-1-5(8)3-7-2-4/h2,5,8-13,17,31H,3-4,6-7H2,1H3,(H,33,36);2,5,8-10,13,25H,3-4,6-7H2,1H3,(H,27,30);1-3,8H. The molecule has 75 heavy (non-hydrogen) atoms. The van der Waals surface area contributed by atoms with E-state index in [0.29, 0.717) is 44.0 Å². The van der Waals surface area contributed by atoms with E-state index >= 15 is 0 Å². The number of imidazole rings is 2. The van der Waals surface area contributed by atoms with E-state index in [2.05, 4.69) is 67.3 Å². The van der Waals surface area contributed by atoms with Gasteiger partial charge in [0.2, 0.25) is 5.88 Å². The number of amides is 2. The highest BCUT2D eigenvalue weighted by Crippen LogP contribution is 2.32. The van der Waals surface area contributed by atoms with Gasteiger partial charge in [-0.25, -0.2) is 27.8 Å². The Kier molecular flexibility index (Phi) is 16.1. The van der Waals surface area contributed by atoms with Gasteiger partial charge < -0.3 is 31.1 Å². The summed E-state index contributed by atoms with van der Waals surface area (Å²) in [6.07, 6.45) is 1.06. The first-order valence-electron chi connectivity index (χ1n) is 23.1. The number of carbonyl (C=O) groups excluding carboxylic acids is 2. The molecule has 0 atom stereocenters. The van der Waals surface area contributed by atoms with Crippen molar-refractivity contribution in [3.05, 3.63) is 136 Å². The highest BCUT2D eigenvalue weighted by atomic mass is 79.9. The first-order chi connectivity index (χ1) is 35.7. The van der Waals surface area contributed by atoms with Crippen LogP contribution in [0.4, 0.5) is 46.5 Å². The summed E-state index contributed by atoms with van der Waals surface area (Å²) < 4.78 is 110. The Hall–Kier alpha value is -7.96. The lowest BCUT2D eigenvalue weighted by Crippen LogP contribution is -2.26. The van der Waals surface area contributed by atoms with Gasteiger partial charge >= 0.3 is 12.4 Å². The maximum absolute atomic E-state index is 13.6. The highest BCUT2D eigenvalue weighted by molar-refractivity contribution is 9.10. The number of aryl methyl sites for hydroxylation is 2. The lowest BCUT2D eigenvalue weighted by molar-refractivity contribution is -0.132. The lowest BCUT2D eigenvalue weighted by atomic mass is 10.0. The molecule has 2 aliphatic carbocycles. The summed E-state index contributed by atoms with van der Waals surface area (Å²) in [5, 5.41) is 28.8. The minimum Gasteiger partial charge on any atom is -0.506 e. The Bertz CT molecular complexity index is 3350. The number of fused-ring (bicyclic) bond motifs is 2. The van der Waals surface area contributed by atoms with Crippen LogP contribution >= 0.6 is 15.9 Å². The molecule has 0 unspecified atom stereocenters. The van der Waals surface area contributed by atoms with E-state index in [0.717, 1.165) is 66.9 Å². The second-order valence-corrected chi connectivity index (χ2v) is 18.3. The van der Waals surface area contributed by atoms with Crippen molar-refractivity contribution in [1.82, 2.24) is 49.8 Å². The molecule has 0 aliphatic heterocycles. The van der Waals surface area contributed by atoms with Crippen molar-refractivity contribution in [3.8, 4) is 39.9 Å². The van der Waals surface area contributed by atoms with Gasteiger partial charge in [0.15, 0.2) is 17.0 Å². The maximum Gasteiger partial charge on any atom is 0.390 e. The number of alkyl halides is 6. The number of anilines is 2. The largest absolute Gasteiger partial charge is 0.506 e. The van der Waals surface area contributed by atoms with Gasteiger partial charge in [-0.2, -0.15) is 31.4 Å². The molecular formula is C50H45BrF8N12O4. The number of rotatable bonds is 14. The average Bonchev–Trinajstić information content (AvgIpc) is 4.25. The molecule has 6 heterocycles. The van der Waals surface area contributed by atoms with Crippen LogP contribution in [0.25, 0.3) is 33.8 Å². The molecule has 16 nitrogen and oxygen atoms in total. The van der Waals surface area contributed by atoms with Crippen molar-refractivity contribution in [2.24, 2.45) is 0 Å². The molecule has 0 spiro atoms. The molecule has 2 aliphatic rings. The number of halogens is 9. The van der Waals surface area contributed by atoms with Gasteiger partial charge in [0.05, 0.1) is 72.8 Å². The normalized spacial score (nSPS) is 13.3. The SMILES string of the molecule is Cc1cc(-c2cnc3c(NCCC(F)(F)F)cc(Br)nn23)ccc1C(=O)NC1CC1.Cc1cc(-c2cnc3c(NCCC(F)(F)F)cc(Oc4cncc(F)c4)nn23)ccc1C(=O)NC1CC1.Oc1cncc(F)c1. The average molecular weight is 1110 g/mol. The molecule has 5 N–H and O–H groups in total. The fraction of sp³-hybridized carbons (Fsp3) is 0.280. The van der Waals surface area contributed by atoms with Crippen LogP contribution in [0.3, 0.4) is 0 Å². The number of nitrogens with zero attached hydrogens (tertiary/aromatic N) is 8. The second-order valence-electron chi connectivity index (χ2n) is 17.5. The Morgan fingerprint density at radius 2 is 1.13 bits per heavy atom. The fourth-order valence-electron chi connectivity index (χ4n) is 7.37. The number of benzene rings is 2. The number of aromatic nitrogens is 8. The molecule has 392 valence electrons. The molecule has 0 radical (unpaired) electrons. The zero-order valence-electron chi connectivity index (χ0n) is 39.7. The number of hydrogen-bond acceptors (Lipinski definition) is 12. The number of hydrogen-bond donors (Lipinski definition) is 5. The zero-order chi connectivity index (χ0) is 53.6. The third kappa shape index (κ3) is 14.6. The third-order valence-corrected chi connectivity index (χ3v) is 11.7. The van der Waals surface area contributed by atoms with Crippen LogP contribution in [0.2, 0.25) is 0 Å². The van der Waals surface area contributed by atoms with Gasteiger partial charge in [0, 0.05) is 65.6 Å². The molecule has 2 saturated carbocycles. The van der Waals surface area contributed by atoms with E-state index < -0.39 is 43.4 Å². The van der Waals surface area contributed by atoms with E-state index in [1.165, 1.54) is 29.2 Å². The summed E-state index contributed by atoms with van der Waals surface area (Å²) in [6.45, 7) is 3.03. The minimum absolute atomic E-state index is 0.00851. The molecule has 2 amide bonds. The zero-order valence-corrected chi connectivity index (χ0v) is 41.3. The van der Waals surface area contributed by atoms with E-state index in [4.69, 9.17) is 9.84 Å². The van der Waals surface area contributed by atoms with Gasteiger partial charge in [-0.1, -0.05) is 12.1 Å². The molecular weight excluding hydrogens is 1060 g/mol. The van der Waals surface area contributed by atoms with E-state index in [9.17, 15) is 44.7 Å². The van der Waals surface area contributed by atoms with Crippen molar-refractivity contribution in [3.63, 3.8) is 0 Å². The monoisotopic (exact) mass is 1110 g/mol. The molecule has 8 aromatic rings. The van der Waals surface area contributed by atoms with Crippen LogP contribution in [-0.2, 0) is 0 Å². The molecule has 0 bridgehead atoms. The Balaban J connectivity index is 0.000000176. The predicted molar refractivity (Wildman–Crippen MR) is 263 cm³/mol. The molecule has 0 saturated heterocycles. The summed E-state index contributed by atoms with van der Waals surface area (Å²) in [5.74, 6) is -1.46. The first kappa shape index (κ1) is 53.3. The number of pyridine rings is 2. The summed E-state index contributed by atoms with van der Waals surface area (Å²) in [7, 11) is 0. The van der Waals surface area contributed by atoms with Crippen LogP contribution < -0.4 is 26.0 Å². The van der Waals surface area contributed by atoms with E-state index in [-0.39, 0.29) is 59.2 Å². The topological polar surface area (TPSA) is 198 Å². The number of nitrogens with one attached hydrogen (secondary N) is 4. The molecule has 6 aromatic heterocycles. The van der Waals surface area contributed by atoms with Crippen molar-refractivity contribution >= 4 is 50.4 Å². The number of carbonyl (C=O) groups is 2. The van der Waals surface area contributed by atoms with Crippen LogP contribution in [0.5, 0.6) is 17.4 Å².